The third-order valence-electron chi connectivity index (χ3n) is 2.57. The molecule has 0 amide bonds. The highest BCUT2D eigenvalue weighted by Gasteiger charge is 2.09. The quantitative estimate of drug-likeness (QED) is 0.607. The molecule has 0 fully saturated rings. The summed E-state index contributed by atoms with van der Waals surface area (Å²) in [6.07, 6.45) is 2.32. The van der Waals surface area contributed by atoms with Gasteiger partial charge in [0.2, 0.25) is 0 Å². The molecule has 5 nitrogen and oxygen atoms in total. The Morgan fingerprint density at radius 3 is 3.00 bits per heavy atom. The third-order valence-corrected chi connectivity index (χ3v) is 3.50. The van der Waals surface area contributed by atoms with Gasteiger partial charge in [-0.15, -0.1) is 11.3 Å². The molecule has 0 unspecified atom stereocenters. The second-order valence-electron chi connectivity index (χ2n) is 3.98. The lowest BCUT2D eigenvalue weighted by Crippen LogP contribution is -2.30. The normalized spacial score (nSPS) is 12.6. The highest BCUT2D eigenvalue weighted by atomic mass is 32.1. The zero-order valence-electron chi connectivity index (χ0n) is 9.98. The van der Waals surface area contributed by atoms with Crippen LogP contribution >= 0.6 is 11.3 Å². The fourth-order valence-electron chi connectivity index (χ4n) is 1.44. The number of nitrogens with zero attached hydrogens (tertiary/aromatic N) is 1. The van der Waals surface area contributed by atoms with Crippen LogP contribution < -0.4 is 11.1 Å². The minimum absolute atomic E-state index is 0.538. The van der Waals surface area contributed by atoms with E-state index in [1.165, 1.54) is 4.88 Å². The van der Waals surface area contributed by atoms with E-state index in [-0.39, 0.29) is 0 Å². The maximum Gasteiger partial charge on any atom is 0.320 e. The Balaban J connectivity index is 2.02. The minimum Gasteiger partial charge on any atom is -0.480 e. The average molecular weight is 257 g/mol. The number of rotatable bonds is 8. The van der Waals surface area contributed by atoms with Gasteiger partial charge >= 0.3 is 5.97 Å². The summed E-state index contributed by atoms with van der Waals surface area (Å²) in [5, 5.41) is 11.9. The summed E-state index contributed by atoms with van der Waals surface area (Å²) < 4.78 is 0. The Morgan fingerprint density at radius 2 is 2.41 bits per heavy atom. The van der Waals surface area contributed by atoms with Crippen molar-refractivity contribution in [3.63, 3.8) is 0 Å². The fraction of sp³-hybridized carbons (Fsp3) is 0.636. The molecule has 1 aromatic heterocycles. The number of aryl methyl sites for hydroxylation is 1. The molecular formula is C11H19N3O2S. The van der Waals surface area contributed by atoms with E-state index in [0.717, 1.165) is 31.6 Å². The number of unbranched alkanes of at least 4 members (excludes halogenated alkanes) is 1. The summed E-state index contributed by atoms with van der Waals surface area (Å²) in [5.41, 5.74) is 8.33. The lowest BCUT2D eigenvalue weighted by molar-refractivity contribution is -0.138. The molecule has 0 radical (unpaired) electrons. The first-order valence-corrected chi connectivity index (χ1v) is 6.57. The topological polar surface area (TPSA) is 88.2 Å². The number of aromatic nitrogens is 1. The van der Waals surface area contributed by atoms with Gasteiger partial charge in [0.05, 0.1) is 11.2 Å². The Bertz CT molecular complexity index is 354. The second kappa shape index (κ2) is 7.37. The highest BCUT2D eigenvalue weighted by Crippen LogP contribution is 2.11. The fourth-order valence-corrected chi connectivity index (χ4v) is 2.18. The molecule has 0 aliphatic rings. The Hall–Kier alpha value is -0.980. The van der Waals surface area contributed by atoms with Crippen molar-refractivity contribution in [3.05, 3.63) is 16.1 Å². The summed E-state index contributed by atoms with van der Waals surface area (Å²) in [6, 6.07) is -0.723. The lowest BCUT2D eigenvalue weighted by Gasteiger charge is -2.06. The predicted molar refractivity (Wildman–Crippen MR) is 68.0 cm³/mol. The minimum atomic E-state index is -0.918. The monoisotopic (exact) mass is 257 g/mol. The van der Waals surface area contributed by atoms with Crippen molar-refractivity contribution in [2.24, 2.45) is 5.73 Å². The van der Waals surface area contributed by atoms with Crippen molar-refractivity contribution in [2.45, 2.75) is 38.8 Å². The van der Waals surface area contributed by atoms with Crippen LogP contribution in [-0.2, 0) is 11.3 Å². The largest absolute Gasteiger partial charge is 0.480 e. The Kier molecular flexibility index (Phi) is 6.10. The smallest absolute Gasteiger partial charge is 0.320 e. The lowest BCUT2D eigenvalue weighted by atomic mass is 10.1. The van der Waals surface area contributed by atoms with Crippen molar-refractivity contribution < 1.29 is 9.90 Å². The summed E-state index contributed by atoms with van der Waals surface area (Å²) in [5.74, 6) is -0.918. The Morgan fingerprint density at radius 1 is 1.65 bits per heavy atom. The number of nitrogens with two attached hydrogens (primary N) is 1. The van der Waals surface area contributed by atoms with E-state index in [0.29, 0.717) is 6.42 Å². The van der Waals surface area contributed by atoms with Gasteiger partial charge in [-0.1, -0.05) is 6.42 Å². The van der Waals surface area contributed by atoms with Gasteiger partial charge in [-0.3, -0.25) is 4.79 Å². The van der Waals surface area contributed by atoms with Crippen LogP contribution in [0.25, 0.3) is 0 Å². The maximum absolute atomic E-state index is 10.5. The van der Waals surface area contributed by atoms with Crippen LogP contribution in [0.4, 0.5) is 0 Å². The van der Waals surface area contributed by atoms with Crippen molar-refractivity contribution >= 4 is 17.3 Å². The van der Waals surface area contributed by atoms with E-state index in [9.17, 15) is 4.79 Å². The number of aliphatic carboxylic acids is 1. The summed E-state index contributed by atoms with van der Waals surface area (Å²) in [6.45, 7) is 3.71. The van der Waals surface area contributed by atoms with E-state index in [1.807, 2.05) is 12.4 Å². The molecular weight excluding hydrogens is 238 g/mol. The molecule has 0 saturated carbocycles. The van der Waals surface area contributed by atoms with Gasteiger partial charge < -0.3 is 16.2 Å². The third kappa shape index (κ3) is 5.25. The number of nitrogens with one attached hydrogen (secondary N) is 1. The molecule has 1 rings (SSSR count). The van der Waals surface area contributed by atoms with E-state index in [4.69, 9.17) is 10.8 Å². The molecule has 1 aromatic rings. The molecule has 0 aliphatic carbocycles. The van der Waals surface area contributed by atoms with Crippen LogP contribution in [0, 0.1) is 6.92 Å². The molecule has 6 heteroatoms. The van der Waals surface area contributed by atoms with Crippen LogP contribution in [0.1, 0.15) is 29.8 Å². The maximum atomic E-state index is 10.5. The van der Waals surface area contributed by atoms with Crippen molar-refractivity contribution in [3.8, 4) is 0 Å². The molecule has 1 atom stereocenters. The molecule has 0 bridgehead atoms. The molecule has 0 spiro atoms. The number of carboxylic acid groups (broad SMARTS) is 1. The SMILES string of the molecule is Cc1ncsc1CNCCCC[C@H](N)C(=O)O. The second-order valence-corrected chi connectivity index (χ2v) is 4.92. The molecule has 17 heavy (non-hydrogen) atoms. The van der Waals surface area contributed by atoms with Crippen LogP contribution in [0.5, 0.6) is 0 Å². The summed E-state index contributed by atoms with van der Waals surface area (Å²) in [7, 11) is 0. The Labute approximate surface area is 105 Å². The zero-order valence-corrected chi connectivity index (χ0v) is 10.8. The number of thiazole rings is 1. The molecule has 4 N–H and O–H groups in total. The van der Waals surface area contributed by atoms with Crippen LogP contribution in [-0.4, -0.2) is 28.6 Å². The van der Waals surface area contributed by atoms with Gasteiger partial charge in [0, 0.05) is 11.4 Å². The average Bonchev–Trinajstić information content (AvgIpc) is 2.68. The van der Waals surface area contributed by atoms with Gasteiger partial charge in [-0.05, 0) is 26.3 Å². The molecule has 96 valence electrons. The number of carbonyl (C=O) groups is 1. The van der Waals surface area contributed by atoms with E-state index in [1.54, 1.807) is 11.3 Å². The number of carboxylic acids is 1. The first-order chi connectivity index (χ1) is 8.11. The number of hydrogen-bond acceptors (Lipinski definition) is 5. The van der Waals surface area contributed by atoms with E-state index in [2.05, 4.69) is 10.3 Å². The first kappa shape index (κ1) is 14.1. The van der Waals surface area contributed by atoms with Gasteiger partial charge in [-0.2, -0.15) is 0 Å². The standard InChI is InChI=1S/C11H19N3O2S/c1-8-10(17-7-14-8)6-13-5-3-2-4-9(12)11(15)16/h7,9,13H,2-6,12H2,1H3,(H,15,16)/t9-/m0/s1. The first-order valence-electron chi connectivity index (χ1n) is 5.69. The van der Waals surface area contributed by atoms with Gasteiger partial charge in [-0.25, -0.2) is 4.98 Å². The van der Waals surface area contributed by atoms with Crippen LogP contribution in [0.15, 0.2) is 5.51 Å². The van der Waals surface area contributed by atoms with E-state index >= 15 is 0 Å². The van der Waals surface area contributed by atoms with Gasteiger partial charge in [0.15, 0.2) is 0 Å². The molecule has 0 aliphatic heterocycles. The summed E-state index contributed by atoms with van der Waals surface area (Å²) >= 11 is 1.65. The van der Waals surface area contributed by atoms with Crippen molar-refractivity contribution in [2.75, 3.05) is 6.54 Å². The van der Waals surface area contributed by atoms with Gasteiger partial charge in [0.1, 0.15) is 6.04 Å². The predicted octanol–water partition coefficient (Wildman–Crippen LogP) is 1.12. The zero-order chi connectivity index (χ0) is 12.7. The van der Waals surface area contributed by atoms with Crippen LogP contribution in [0.2, 0.25) is 0 Å². The number of hydrogen-bond donors (Lipinski definition) is 3. The molecule has 1 heterocycles. The molecule has 0 aromatic carbocycles. The van der Waals surface area contributed by atoms with Crippen molar-refractivity contribution in [1.82, 2.24) is 10.3 Å². The van der Waals surface area contributed by atoms with E-state index < -0.39 is 12.0 Å². The van der Waals surface area contributed by atoms with Gasteiger partial charge in [0.25, 0.3) is 0 Å². The molecule has 0 saturated heterocycles. The highest BCUT2D eigenvalue weighted by molar-refractivity contribution is 7.09. The van der Waals surface area contributed by atoms with Crippen molar-refractivity contribution in [1.29, 1.82) is 0 Å². The summed E-state index contributed by atoms with van der Waals surface area (Å²) in [4.78, 5) is 15.9. The van der Waals surface area contributed by atoms with Crippen LogP contribution in [0.3, 0.4) is 0 Å².